The van der Waals surface area contributed by atoms with Crippen LogP contribution in [0.5, 0.6) is 0 Å². The Morgan fingerprint density at radius 1 is 1.29 bits per heavy atom. The Hall–Kier alpha value is -1.24. The Kier molecular flexibility index (Phi) is 5.69. The van der Waals surface area contributed by atoms with Crippen LogP contribution in [-0.2, 0) is 11.2 Å². The van der Waals surface area contributed by atoms with Crippen LogP contribution in [0.25, 0.3) is 9.88 Å². The fourth-order valence-electron chi connectivity index (χ4n) is 3.05. The highest BCUT2D eigenvalue weighted by atomic mass is 32.1. The molecule has 1 amide bonds. The minimum atomic E-state index is 0.0142. The van der Waals surface area contributed by atoms with E-state index in [9.17, 15) is 4.79 Å². The predicted molar refractivity (Wildman–Crippen MR) is 102 cm³/mol. The summed E-state index contributed by atoms with van der Waals surface area (Å²) in [6.45, 7) is 7.40. The van der Waals surface area contributed by atoms with Gasteiger partial charge in [0.2, 0.25) is 5.91 Å². The highest BCUT2D eigenvalue weighted by molar-refractivity contribution is 7.20. The van der Waals surface area contributed by atoms with Gasteiger partial charge in [0.15, 0.2) is 0 Å². The highest BCUT2D eigenvalue weighted by Gasteiger charge is 2.28. The number of likely N-dealkylation sites (tertiary alicyclic amines) is 1. The molecule has 2 aromatic rings. The summed E-state index contributed by atoms with van der Waals surface area (Å²) in [5.74, 6) is 0.0584. The van der Waals surface area contributed by atoms with Crippen LogP contribution in [-0.4, -0.2) is 41.0 Å². The molecule has 0 spiro atoms. The van der Waals surface area contributed by atoms with Crippen LogP contribution in [0.4, 0.5) is 0 Å². The number of nitrogens with one attached hydrogen (secondary N) is 1. The molecule has 3 heterocycles. The quantitative estimate of drug-likeness (QED) is 0.849. The number of piperidine rings is 1. The summed E-state index contributed by atoms with van der Waals surface area (Å²) < 4.78 is 0. The third kappa shape index (κ3) is 4.43. The van der Waals surface area contributed by atoms with Gasteiger partial charge < -0.3 is 5.32 Å². The molecule has 1 aliphatic heterocycles. The molecule has 0 radical (unpaired) electrons. The summed E-state index contributed by atoms with van der Waals surface area (Å²) in [6, 6.07) is 4.09. The van der Waals surface area contributed by atoms with Crippen molar-refractivity contribution in [1.82, 2.24) is 15.2 Å². The number of amides is 1. The zero-order valence-electron chi connectivity index (χ0n) is 14.4. The standard InChI is InChI=1S/C18H25N3OS2/c1-18(2,21-8-4-3-5-9-21)13-19-16(22)11-14-12-24-17(20-14)15-7-6-10-23-15/h6-7,10,12H,3-5,8-9,11,13H2,1-2H3,(H,19,22). The third-order valence-electron chi connectivity index (χ3n) is 4.56. The number of hydrogen-bond acceptors (Lipinski definition) is 5. The van der Waals surface area contributed by atoms with Gasteiger partial charge in [-0.2, -0.15) is 0 Å². The van der Waals surface area contributed by atoms with Crippen molar-refractivity contribution < 1.29 is 4.79 Å². The second-order valence-corrected chi connectivity index (χ2v) is 8.74. The van der Waals surface area contributed by atoms with Crippen LogP contribution in [0, 0.1) is 0 Å². The Labute approximate surface area is 151 Å². The third-order valence-corrected chi connectivity index (χ3v) is 6.49. The van der Waals surface area contributed by atoms with Crippen molar-refractivity contribution in [3.8, 4) is 9.88 Å². The first-order valence-corrected chi connectivity index (χ1v) is 10.3. The van der Waals surface area contributed by atoms with E-state index < -0.39 is 0 Å². The van der Waals surface area contributed by atoms with Gasteiger partial charge in [-0.3, -0.25) is 9.69 Å². The van der Waals surface area contributed by atoms with Crippen molar-refractivity contribution in [2.24, 2.45) is 0 Å². The van der Waals surface area contributed by atoms with Crippen LogP contribution < -0.4 is 5.32 Å². The van der Waals surface area contributed by atoms with Gasteiger partial charge in [-0.25, -0.2) is 4.98 Å². The molecule has 4 nitrogen and oxygen atoms in total. The summed E-state index contributed by atoms with van der Waals surface area (Å²) >= 11 is 3.29. The zero-order valence-corrected chi connectivity index (χ0v) is 16.0. The molecule has 3 rings (SSSR count). The molecular formula is C18H25N3OS2. The van der Waals surface area contributed by atoms with E-state index in [1.54, 1.807) is 22.7 Å². The van der Waals surface area contributed by atoms with Gasteiger partial charge in [0.25, 0.3) is 0 Å². The van der Waals surface area contributed by atoms with Crippen molar-refractivity contribution in [2.45, 2.75) is 45.1 Å². The van der Waals surface area contributed by atoms with E-state index in [0.29, 0.717) is 13.0 Å². The monoisotopic (exact) mass is 363 g/mol. The highest BCUT2D eigenvalue weighted by Crippen LogP contribution is 2.28. The minimum absolute atomic E-state index is 0.0142. The Bertz CT molecular complexity index is 658. The Morgan fingerprint density at radius 2 is 2.08 bits per heavy atom. The molecule has 1 aliphatic rings. The lowest BCUT2D eigenvalue weighted by atomic mass is 9.98. The van der Waals surface area contributed by atoms with E-state index in [1.165, 1.54) is 19.3 Å². The summed E-state index contributed by atoms with van der Waals surface area (Å²) in [6.07, 6.45) is 4.22. The molecule has 1 N–H and O–H groups in total. The van der Waals surface area contributed by atoms with Gasteiger partial charge in [0, 0.05) is 17.5 Å². The Balaban J connectivity index is 1.50. The molecular weight excluding hydrogens is 338 g/mol. The molecule has 2 aromatic heterocycles. The average Bonchev–Trinajstić information content (AvgIpc) is 3.25. The second-order valence-electron chi connectivity index (χ2n) is 6.93. The van der Waals surface area contributed by atoms with E-state index >= 15 is 0 Å². The van der Waals surface area contributed by atoms with E-state index in [1.807, 2.05) is 16.8 Å². The molecule has 6 heteroatoms. The van der Waals surface area contributed by atoms with Crippen LogP contribution in [0.15, 0.2) is 22.9 Å². The van der Waals surface area contributed by atoms with Gasteiger partial charge in [-0.15, -0.1) is 22.7 Å². The Morgan fingerprint density at radius 3 is 2.79 bits per heavy atom. The fourth-order valence-corrected chi connectivity index (χ4v) is 4.69. The molecule has 1 fully saturated rings. The summed E-state index contributed by atoms with van der Waals surface area (Å²) in [4.78, 5) is 20.5. The van der Waals surface area contributed by atoms with Crippen molar-refractivity contribution in [3.63, 3.8) is 0 Å². The number of hydrogen-bond donors (Lipinski definition) is 1. The SMILES string of the molecule is CC(C)(CNC(=O)Cc1csc(-c2cccs2)n1)N1CCCCC1. The van der Waals surface area contributed by atoms with Crippen LogP contribution in [0.1, 0.15) is 38.8 Å². The van der Waals surface area contributed by atoms with Gasteiger partial charge in [-0.1, -0.05) is 12.5 Å². The lowest BCUT2D eigenvalue weighted by molar-refractivity contribution is -0.121. The maximum absolute atomic E-state index is 12.3. The van der Waals surface area contributed by atoms with E-state index in [-0.39, 0.29) is 11.4 Å². The number of rotatable bonds is 6. The maximum Gasteiger partial charge on any atom is 0.226 e. The molecule has 130 valence electrons. The first-order valence-electron chi connectivity index (χ1n) is 8.55. The largest absolute Gasteiger partial charge is 0.354 e. The first kappa shape index (κ1) is 17.6. The maximum atomic E-state index is 12.3. The summed E-state index contributed by atoms with van der Waals surface area (Å²) in [7, 11) is 0. The lowest BCUT2D eigenvalue weighted by Gasteiger charge is -2.41. The molecule has 0 atom stereocenters. The van der Waals surface area contributed by atoms with E-state index in [2.05, 4.69) is 35.1 Å². The number of aromatic nitrogens is 1. The number of nitrogens with zero attached hydrogens (tertiary/aromatic N) is 2. The molecule has 1 saturated heterocycles. The van der Waals surface area contributed by atoms with Crippen LogP contribution >= 0.6 is 22.7 Å². The smallest absolute Gasteiger partial charge is 0.226 e. The van der Waals surface area contributed by atoms with Crippen LogP contribution in [0.2, 0.25) is 0 Å². The zero-order chi connectivity index (χ0) is 17.0. The molecule has 0 saturated carbocycles. The number of carbonyl (C=O) groups excluding carboxylic acids is 1. The topological polar surface area (TPSA) is 45.2 Å². The molecule has 0 aliphatic carbocycles. The summed E-state index contributed by atoms with van der Waals surface area (Å²) in [5, 5.41) is 8.14. The van der Waals surface area contributed by atoms with Gasteiger partial charge in [0.05, 0.1) is 17.0 Å². The fraction of sp³-hybridized carbons (Fsp3) is 0.556. The van der Waals surface area contributed by atoms with Crippen molar-refractivity contribution >= 4 is 28.6 Å². The molecule has 0 unspecified atom stereocenters. The first-order chi connectivity index (χ1) is 11.5. The van der Waals surface area contributed by atoms with E-state index in [4.69, 9.17) is 0 Å². The van der Waals surface area contributed by atoms with Crippen molar-refractivity contribution in [3.05, 3.63) is 28.6 Å². The normalized spacial score (nSPS) is 16.2. The number of thiophene rings is 1. The predicted octanol–water partition coefficient (Wildman–Crippen LogP) is 3.79. The van der Waals surface area contributed by atoms with Gasteiger partial charge in [0.1, 0.15) is 5.01 Å². The van der Waals surface area contributed by atoms with Gasteiger partial charge >= 0.3 is 0 Å². The van der Waals surface area contributed by atoms with Crippen molar-refractivity contribution in [2.75, 3.05) is 19.6 Å². The van der Waals surface area contributed by atoms with Crippen molar-refractivity contribution in [1.29, 1.82) is 0 Å². The molecule has 24 heavy (non-hydrogen) atoms. The molecule has 0 aromatic carbocycles. The lowest BCUT2D eigenvalue weighted by Crippen LogP contribution is -2.53. The second kappa shape index (κ2) is 7.76. The van der Waals surface area contributed by atoms with Gasteiger partial charge in [-0.05, 0) is 51.2 Å². The van der Waals surface area contributed by atoms with Crippen LogP contribution in [0.3, 0.4) is 0 Å². The number of thiazole rings is 1. The number of carbonyl (C=O) groups is 1. The average molecular weight is 364 g/mol. The molecule has 0 bridgehead atoms. The minimum Gasteiger partial charge on any atom is -0.354 e. The summed E-state index contributed by atoms with van der Waals surface area (Å²) in [5.41, 5.74) is 0.872. The van der Waals surface area contributed by atoms with E-state index in [0.717, 1.165) is 28.7 Å².